The molecule has 0 radical (unpaired) electrons. The zero-order chi connectivity index (χ0) is 15.9. The molecule has 2 aromatic rings. The number of unbranched alkanes of at least 4 members (excludes halogenated alkanes) is 2. The molecular weight excluding hydrogens is 296 g/mol. The fourth-order valence-electron chi connectivity index (χ4n) is 2.04. The monoisotopic (exact) mass is 314 g/mol. The van der Waals surface area contributed by atoms with E-state index in [-0.39, 0.29) is 5.78 Å². The minimum atomic E-state index is 0.0542. The van der Waals surface area contributed by atoms with Crippen molar-refractivity contribution in [1.29, 1.82) is 5.26 Å². The number of aryl methyl sites for hydroxylation is 1. The van der Waals surface area contributed by atoms with Crippen LogP contribution in [0.3, 0.4) is 0 Å². The first-order chi connectivity index (χ1) is 10.6. The third kappa shape index (κ3) is 4.15. The number of Topliss-reactive ketones (excluding diaryl/α,β-unsaturated/α-hetero) is 1. The lowest BCUT2D eigenvalue weighted by Crippen LogP contribution is -1.96. The number of carbonyl (C=O) groups excluding carboxylic acids is 1. The molecule has 0 aliphatic heterocycles. The van der Waals surface area contributed by atoms with E-state index < -0.39 is 0 Å². The molecule has 0 bridgehead atoms. The summed E-state index contributed by atoms with van der Waals surface area (Å²) in [5.41, 5.74) is 1.77. The lowest BCUT2D eigenvalue weighted by Gasteiger charge is -2.05. The molecule has 1 heterocycles. The topological polar surface area (TPSA) is 63.0 Å². The normalized spacial score (nSPS) is 10.2. The van der Waals surface area contributed by atoms with Crippen LogP contribution in [0, 0.1) is 18.3 Å². The summed E-state index contributed by atoms with van der Waals surface area (Å²) in [6, 6.07) is 9.84. The molecule has 0 amide bonds. The molecule has 114 valence electrons. The third-order valence-corrected chi connectivity index (χ3v) is 4.48. The molecular formula is C17H18N2O2S. The molecule has 0 fully saturated rings. The highest BCUT2D eigenvalue weighted by atomic mass is 32.1. The Morgan fingerprint density at radius 1 is 1.32 bits per heavy atom. The molecule has 0 saturated carbocycles. The second-order valence-electron chi connectivity index (χ2n) is 4.98. The maximum absolute atomic E-state index is 11.5. The number of carbonyl (C=O) groups is 1. The molecule has 22 heavy (non-hydrogen) atoms. The SMILES string of the molecule is CC(=O)c1sc(-c2ccc(OCCCCC#N)cc2)nc1C. The predicted molar refractivity (Wildman–Crippen MR) is 87.3 cm³/mol. The smallest absolute Gasteiger partial charge is 0.171 e. The van der Waals surface area contributed by atoms with Crippen molar-refractivity contribution in [1.82, 2.24) is 4.98 Å². The van der Waals surface area contributed by atoms with E-state index in [2.05, 4.69) is 11.1 Å². The van der Waals surface area contributed by atoms with Gasteiger partial charge in [0.05, 0.1) is 23.2 Å². The molecule has 0 atom stereocenters. The van der Waals surface area contributed by atoms with Crippen LogP contribution in [-0.4, -0.2) is 17.4 Å². The Bertz CT molecular complexity index is 684. The number of ether oxygens (including phenoxy) is 1. The van der Waals surface area contributed by atoms with Crippen molar-refractivity contribution < 1.29 is 9.53 Å². The van der Waals surface area contributed by atoms with E-state index in [1.54, 1.807) is 6.92 Å². The van der Waals surface area contributed by atoms with Gasteiger partial charge in [-0.25, -0.2) is 4.98 Å². The third-order valence-electron chi connectivity index (χ3n) is 3.17. The molecule has 4 nitrogen and oxygen atoms in total. The first-order valence-corrected chi connectivity index (χ1v) is 8.02. The van der Waals surface area contributed by atoms with Crippen LogP contribution >= 0.6 is 11.3 Å². The number of aromatic nitrogens is 1. The molecule has 0 aliphatic carbocycles. The maximum Gasteiger partial charge on any atom is 0.171 e. The summed E-state index contributed by atoms with van der Waals surface area (Å²) in [5, 5.41) is 9.31. The molecule has 0 aliphatic rings. The standard InChI is InChI=1S/C17H18N2O2S/c1-12-16(13(2)20)22-17(19-12)14-6-8-15(9-7-14)21-11-5-3-4-10-18/h6-9H,3-5,11H2,1-2H3. The quantitative estimate of drug-likeness (QED) is 0.561. The lowest BCUT2D eigenvalue weighted by molar-refractivity contribution is 0.102. The first kappa shape index (κ1) is 16.2. The van der Waals surface area contributed by atoms with Gasteiger partial charge in [-0.3, -0.25) is 4.79 Å². The molecule has 5 heteroatoms. The van der Waals surface area contributed by atoms with Gasteiger partial charge in [0.2, 0.25) is 0 Å². The molecule has 0 spiro atoms. The Morgan fingerprint density at radius 3 is 2.64 bits per heavy atom. The van der Waals surface area contributed by atoms with Crippen LogP contribution < -0.4 is 4.74 Å². The second kappa shape index (κ2) is 7.71. The van der Waals surface area contributed by atoms with Crippen molar-refractivity contribution in [2.45, 2.75) is 33.1 Å². The van der Waals surface area contributed by atoms with Crippen LogP contribution in [-0.2, 0) is 0 Å². The van der Waals surface area contributed by atoms with E-state index in [9.17, 15) is 4.79 Å². The molecule has 0 unspecified atom stereocenters. The average molecular weight is 314 g/mol. The zero-order valence-electron chi connectivity index (χ0n) is 12.8. The summed E-state index contributed by atoms with van der Waals surface area (Å²) >= 11 is 1.42. The van der Waals surface area contributed by atoms with E-state index >= 15 is 0 Å². The summed E-state index contributed by atoms with van der Waals surface area (Å²) in [6.07, 6.45) is 2.31. The molecule has 1 aromatic carbocycles. The van der Waals surface area contributed by atoms with Gasteiger partial charge >= 0.3 is 0 Å². The van der Waals surface area contributed by atoms with Gasteiger partial charge < -0.3 is 4.74 Å². The maximum atomic E-state index is 11.5. The van der Waals surface area contributed by atoms with E-state index in [0.29, 0.717) is 17.9 Å². The fourth-order valence-corrected chi connectivity index (χ4v) is 3.00. The van der Waals surface area contributed by atoms with Gasteiger partial charge in [0.15, 0.2) is 5.78 Å². The Balaban J connectivity index is 1.98. The van der Waals surface area contributed by atoms with Gasteiger partial charge in [0.25, 0.3) is 0 Å². The van der Waals surface area contributed by atoms with Crippen molar-refractivity contribution in [3.8, 4) is 22.4 Å². The first-order valence-electron chi connectivity index (χ1n) is 7.20. The Morgan fingerprint density at radius 2 is 2.05 bits per heavy atom. The summed E-state index contributed by atoms with van der Waals surface area (Å²) in [5.74, 6) is 0.861. The number of hydrogen-bond acceptors (Lipinski definition) is 5. The fraction of sp³-hybridized carbons (Fsp3) is 0.353. The summed E-state index contributed by atoms with van der Waals surface area (Å²) in [4.78, 5) is 16.7. The Hall–Kier alpha value is -2.19. The van der Waals surface area contributed by atoms with Gasteiger partial charge in [0.1, 0.15) is 10.8 Å². The number of rotatable bonds is 7. The van der Waals surface area contributed by atoms with Crippen LogP contribution in [0.15, 0.2) is 24.3 Å². The highest BCUT2D eigenvalue weighted by molar-refractivity contribution is 7.17. The van der Waals surface area contributed by atoms with Crippen LogP contribution in [0.5, 0.6) is 5.75 Å². The zero-order valence-corrected chi connectivity index (χ0v) is 13.6. The van der Waals surface area contributed by atoms with Gasteiger partial charge in [-0.1, -0.05) is 0 Å². The number of hydrogen-bond donors (Lipinski definition) is 0. The minimum Gasteiger partial charge on any atom is -0.494 e. The summed E-state index contributed by atoms with van der Waals surface area (Å²) in [6.45, 7) is 4.04. The van der Waals surface area contributed by atoms with Crippen LogP contribution in [0.25, 0.3) is 10.6 Å². The number of nitriles is 1. The highest BCUT2D eigenvalue weighted by Gasteiger charge is 2.12. The van der Waals surface area contributed by atoms with Crippen LogP contribution in [0.1, 0.15) is 41.6 Å². The van der Waals surface area contributed by atoms with Gasteiger partial charge in [-0.05, 0) is 44.0 Å². The number of thiazole rings is 1. The predicted octanol–water partition coefficient (Wildman–Crippen LogP) is 4.39. The summed E-state index contributed by atoms with van der Waals surface area (Å²) < 4.78 is 5.63. The van der Waals surface area contributed by atoms with E-state index in [4.69, 9.17) is 10.00 Å². The Labute approximate surface area is 134 Å². The number of nitrogens with zero attached hydrogens (tertiary/aromatic N) is 2. The lowest BCUT2D eigenvalue weighted by atomic mass is 10.2. The van der Waals surface area contributed by atoms with E-state index in [0.717, 1.165) is 34.9 Å². The van der Waals surface area contributed by atoms with Gasteiger partial charge in [-0.15, -0.1) is 11.3 Å². The summed E-state index contributed by atoms with van der Waals surface area (Å²) in [7, 11) is 0. The van der Waals surface area contributed by atoms with Crippen molar-refractivity contribution in [3.63, 3.8) is 0 Å². The number of ketones is 1. The van der Waals surface area contributed by atoms with Crippen molar-refractivity contribution >= 4 is 17.1 Å². The van der Waals surface area contributed by atoms with E-state index in [1.807, 2.05) is 31.2 Å². The minimum absolute atomic E-state index is 0.0542. The van der Waals surface area contributed by atoms with Gasteiger partial charge in [-0.2, -0.15) is 5.26 Å². The second-order valence-corrected chi connectivity index (χ2v) is 5.98. The van der Waals surface area contributed by atoms with Gasteiger partial charge in [0, 0.05) is 18.9 Å². The van der Waals surface area contributed by atoms with E-state index in [1.165, 1.54) is 11.3 Å². The van der Waals surface area contributed by atoms with Crippen molar-refractivity contribution in [2.24, 2.45) is 0 Å². The average Bonchev–Trinajstić information content (AvgIpc) is 2.90. The molecule has 2 rings (SSSR count). The van der Waals surface area contributed by atoms with Crippen LogP contribution in [0.4, 0.5) is 0 Å². The molecule has 0 N–H and O–H groups in total. The molecule has 0 saturated heterocycles. The number of benzene rings is 1. The highest BCUT2D eigenvalue weighted by Crippen LogP contribution is 2.29. The largest absolute Gasteiger partial charge is 0.494 e. The Kier molecular flexibility index (Phi) is 5.68. The van der Waals surface area contributed by atoms with Crippen LogP contribution in [0.2, 0.25) is 0 Å². The molecule has 1 aromatic heterocycles. The van der Waals surface area contributed by atoms with Crippen molar-refractivity contribution in [3.05, 3.63) is 34.8 Å². The van der Waals surface area contributed by atoms with Crippen molar-refractivity contribution in [2.75, 3.05) is 6.61 Å².